The fourth-order valence-corrected chi connectivity index (χ4v) is 2.80. The lowest BCUT2D eigenvalue weighted by atomic mass is 9.74. The van der Waals surface area contributed by atoms with E-state index in [0.29, 0.717) is 12.5 Å². The highest BCUT2D eigenvalue weighted by Crippen LogP contribution is 2.45. The Bertz CT molecular complexity index is 229. The smallest absolute Gasteiger partial charge is 0.220 e. The Hall–Kier alpha value is -0.570. The summed E-state index contributed by atoms with van der Waals surface area (Å²) < 4.78 is 5.58. The van der Waals surface area contributed by atoms with Crippen molar-refractivity contribution in [3.8, 4) is 0 Å². The molecule has 2 fully saturated rings. The number of hydrogen-bond acceptors (Lipinski definition) is 2. The van der Waals surface area contributed by atoms with Crippen LogP contribution in [0.2, 0.25) is 0 Å². The Labute approximate surface area is 78.8 Å². The fourth-order valence-electron chi connectivity index (χ4n) is 2.80. The zero-order valence-electron chi connectivity index (χ0n) is 8.30. The minimum Gasteiger partial charge on any atom is -0.378 e. The van der Waals surface area contributed by atoms with Gasteiger partial charge in [0.05, 0.1) is 6.10 Å². The predicted octanol–water partition coefficient (Wildman–Crippen LogP) is 1.08. The van der Waals surface area contributed by atoms with E-state index in [1.165, 1.54) is 0 Å². The normalized spacial score (nSPS) is 44.3. The molecule has 0 radical (unpaired) electrons. The quantitative estimate of drug-likeness (QED) is 0.660. The van der Waals surface area contributed by atoms with E-state index >= 15 is 0 Å². The van der Waals surface area contributed by atoms with Gasteiger partial charge in [-0.05, 0) is 19.8 Å². The van der Waals surface area contributed by atoms with Crippen molar-refractivity contribution in [3.63, 3.8) is 0 Å². The molecule has 0 bridgehead atoms. The summed E-state index contributed by atoms with van der Waals surface area (Å²) in [5.41, 5.74) is 0.103. The Morgan fingerprint density at radius 3 is 3.00 bits per heavy atom. The maximum atomic E-state index is 11.4. The molecule has 2 aliphatic rings. The van der Waals surface area contributed by atoms with Crippen LogP contribution in [0.5, 0.6) is 0 Å². The number of carbonyl (C=O) groups excluding carboxylic acids is 1. The maximum Gasteiger partial charge on any atom is 0.220 e. The number of carbonyl (C=O) groups is 1. The first-order valence-electron chi connectivity index (χ1n) is 5.10. The van der Waals surface area contributed by atoms with Gasteiger partial charge in [-0.15, -0.1) is 0 Å². The first kappa shape index (κ1) is 9.00. The largest absolute Gasteiger partial charge is 0.378 e. The Kier molecular flexibility index (Phi) is 2.06. The molecule has 3 nitrogen and oxygen atoms in total. The van der Waals surface area contributed by atoms with Crippen LogP contribution in [0.15, 0.2) is 0 Å². The van der Waals surface area contributed by atoms with Crippen LogP contribution >= 0.6 is 0 Å². The van der Waals surface area contributed by atoms with Crippen LogP contribution in [-0.4, -0.2) is 24.7 Å². The summed E-state index contributed by atoms with van der Waals surface area (Å²) in [4.78, 5) is 11.4. The molecule has 74 valence electrons. The molecule has 13 heavy (non-hydrogen) atoms. The van der Waals surface area contributed by atoms with Crippen LogP contribution in [0.3, 0.4) is 0 Å². The number of ether oxygens (including phenoxy) is 1. The van der Waals surface area contributed by atoms with E-state index in [-0.39, 0.29) is 17.4 Å². The Morgan fingerprint density at radius 1 is 1.69 bits per heavy atom. The van der Waals surface area contributed by atoms with E-state index in [1.807, 2.05) is 0 Å². The third kappa shape index (κ3) is 1.17. The molecule has 0 aliphatic carbocycles. The third-order valence-electron chi connectivity index (χ3n) is 3.67. The zero-order valence-corrected chi connectivity index (χ0v) is 8.30. The summed E-state index contributed by atoms with van der Waals surface area (Å²) in [7, 11) is 0. The topological polar surface area (TPSA) is 38.3 Å². The lowest BCUT2D eigenvalue weighted by molar-refractivity contribution is -0.120. The number of hydrogen-bond donors (Lipinski definition) is 1. The first-order chi connectivity index (χ1) is 6.19. The maximum absolute atomic E-state index is 11.4. The summed E-state index contributed by atoms with van der Waals surface area (Å²) in [6.45, 7) is 5.03. The van der Waals surface area contributed by atoms with Gasteiger partial charge in [-0.1, -0.05) is 6.92 Å². The van der Waals surface area contributed by atoms with Crippen molar-refractivity contribution in [3.05, 3.63) is 0 Å². The summed E-state index contributed by atoms with van der Waals surface area (Å²) in [5, 5.41) is 3.05. The second-order valence-electron chi connectivity index (χ2n) is 4.20. The van der Waals surface area contributed by atoms with E-state index < -0.39 is 0 Å². The molecule has 3 unspecified atom stereocenters. The van der Waals surface area contributed by atoms with Gasteiger partial charge in [0.1, 0.15) is 0 Å². The predicted molar refractivity (Wildman–Crippen MR) is 49.3 cm³/mol. The van der Waals surface area contributed by atoms with Crippen molar-refractivity contribution in [2.24, 2.45) is 5.41 Å². The van der Waals surface area contributed by atoms with Crippen LogP contribution < -0.4 is 5.32 Å². The zero-order chi connectivity index (χ0) is 9.47. The monoisotopic (exact) mass is 183 g/mol. The summed E-state index contributed by atoms with van der Waals surface area (Å²) >= 11 is 0. The molecule has 1 spiro atoms. The van der Waals surface area contributed by atoms with Crippen molar-refractivity contribution in [2.75, 3.05) is 6.61 Å². The van der Waals surface area contributed by atoms with Gasteiger partial charge >= 0.3 is 0 Å². The van der Waals surface area contributed by atoms with Crippen molar-refractivity contribution in [1.82, 2.24) is 5.32 Å². The second kappa shape index (κ2) is 2.98. The molecular formula is C10H17NO2. The van der Waals surface area contributed by atoms with Crippen molar-refractivity contribution in [2.45, 2.75) is 45.3 Å². The summed E-state index contributed by atoms with van der Waals surface area (Å²) in [6, 6.07) is 0.331. The second-order valence-corrected chi connectivity index (χ2v) is 4.20. The van der Waals surface area contributed by atoms with Crippen LogP contribution in [0.1, 0.15) is 33.1 Å². The molecule has 3 heteroatoms. The Morgan fingerprint density at radius 2 is 2.46 bits per heavy atom. The number of rotatable bonds is 1. The lowest BCUT2D eigenvalue weighted by Gasteiger charge is -2.31. The third-order valence-corrected chi connectivity index (χ3v) is 3.67. The molecule has 0 saturated carbocycles. The molecule has 2 aliphatic heterocycles. The van der Waals surface area contributed by atoms with Gasteiger partial charge in [0.15, 0.2) is 0 Å². The number of nitrogens with one attached hydrogen (secondary N) is 1. The molecule has 2 rings (SSSR count). The van der Waals surface area contributed by atoms with E-state index in [4.69, 9.17) is 4.74 Å². The molecular weight excluding hydrogens is 166 g/mol. The van der Waals surface area contributed by atoms with Crippen molar-refractivity contribution >= 4 is 5.91 Å². The minimum atomic E-state index is 0.103. The van der Waals surface area contributed by atoms with Gasteiger partial charge in [0.2, 0.25) is 5.91 Å². The van der Waals surface area contributed by atoms with E-state index in [0.717, 1.165) is 19.4 Å². The molecule has 3 atom stereocenters. The highest BCUT2D eigenvalue weighted by atomic mass is 16.5. The van der Waals surface area contributed by atoms with Crippen LogP contribution in [0.25, 0.3) is 0 Å². The van der Waals surface area contributed by atoms with Crippen molar-refractivity contribution in [1.29, 1.82) is 0 Å². The molecule has 0 aromatic rings. The van der Waals surface area contributed by atoms with Crippen molar-refractivity contribution < 1.29 is 9.53 Å². The molecule has 2 heterocycles. The van der Waals surface area contributed by atoms with Gasteiger partial charge in [-0.25, -0.2) is 0 Å². The SMILES string of the molecule is CCC1NC(=O)CC12CCOC2C. The standard InChI is InChI=1S/C10H17NO2/c1-3-8-10(6-9(12)11-8)4-5-13-7(10)2/h7-8H,3-6H2,1-2H3,(H,11,12). The molecule has 1 N–H and O–H groups in total. The molecule has 0 aromatic heterocycles. The van der Waals surface area contributed by atoms with E-state index in [9.17, 15) is 4.79 Å². The summed E-state index contributed by atoms with van der Waals surface area (Å²) in [5.74, 6) is 0.198. The van der Waals surface area contributed by atoms with Crippen LogP contribution in [0.4, 0.5) is 0 Å². The van der Waals surface area contributed by atoms with E-state index in [2.05, 4.69) is 19.2 Å². The van der Waals surface area contributed by atoms with Gasteiger partial charge in [0, 0.05) is 24.5 Å². The van der Waals surface area contributed by atoms with Crippen LogP contribution in [-0.2, 0) is 9.53 Å². The average molecular weight is 183 g/mol. The van der Waals surface area contributed by atoms with Gasteiger partial charge in [0.25, 0.3) is 0 Å². The average Bonchev–Trinajstić information content (AvgIpc) is 2.59. The highest BCUT2D eigenvalue weighted by molar-refractivity contribution is 5.80. The fraction of sp³-hybridized carbons (Fsp3) is 0.900. The summed E-state index contributed by atoms with van der Waals surface area (Å²) in [6.07, 6.45) is 2.94. The van der Waals surface area contributed by atoms with Crippen LogP contribution in [0, 0.1) is 5.41 Å². The molecule has 2 saturated heterocycles. The van der Waals surface area contributed by atoms with E-state index in [1.54, 1.807) is 0 Å². The first-order valence-corrected chi connectivity index (χ1v) is 5.10. The Balaban J connectivity index is 2.24. The highest BCUT2D eigenvalue weighted by Gasteiger charge is 2.52. The van der Waals surface area contributed by atoms with Gasteiger partial charge < -0.3 is 10.1 Å². The minimum absolute atomic E-state index is 0.103. The number of amides is 1. The molecule has 1 amide bonds. The van der Waals surface area contributed by atoms with Gasteiger partial charge in [-0.3, -0.25) is 4.79 Å². The molecule has 0 aromatic carbocycles. The van der Waals surface area contributed by atoms with Gasteiger partial charge in [-0.2, -0.15) is 0 Å². The lowest BCUT2D eigenvalue weighted by Crippen LogP contribution is -2.41.